The number of nitrogen functional groups attached to an aromatic ring is 1. The first-order valence-corrected chi connectivity index (χ1v) is 8.08. The monoisotopic (exact) mass is 336 g/mol. The lowest BCUT2D eigenvalue weighted by molar-refractivity contribution is -0.115. The average molecular weight is 336 g/mol. The summed E-state index contributed by atoms with van der Waals surface area (Å²) in [6.07, 6.45) is 2.00. The Kier molecular flexibility index (Phi) is 4.79. The molecular weight excluding hydrogens is 316 g/mol. The summed E-state index contributed by atoms with van der Waals surface area (Å²) < 4.78 is 5.17. The van der Waals surface area contributed by atoms with Crippen molar-refractivity contribution in [3.63, 3.8) is 0 Å². The van der Waals surface area contributed by atoms with Crippen molar-refractivity contribution in [2.45, 2.75) is 26.2 Å². The van der Waals surface area contributed by atoms with E-state index in [0.29, 0.717) is 11.6 Å². The van der Waals surface area contributed by atoms with Gasteiger partial charge in [-0.25, -0.2) is 4.98 Å². The molecule has 3 rings (SSSR count). The number of nitrogens with two attached hydrogens (primary N) is 1. The van der Waals surface area contributed by atoms with Crippen LogP contribution in [0.5, 0.6) is 0 Å². The molecule has 1 amide bonds. The summed E-state index contributed by atoms with van der Waals surface area (Å²) in [5, 5.41) is 6.61. The molecule has 0 spiro atoms. The number of aromatic nitrogens is 2. The lowest BCUT2D eigenvalue weighted by atomic mass is 10.0. The SMILES string of the molecule is CC(C)c1cc(NC(=O)Cc2ccc(-c3ccc(N)nc3)cc2)no1. The van der Waals surface area contributed by atoms with E-state index in [2.05, 4.69) is 15.5 Å². The van der Waals surface area contributed by atoms with Crippen LogP contribution in [0.1, 0.15) is 31.1 Å². The van der Waals surface area contributed by atoms with Gasteiger partial charge in [-0.2, -0.15) is 0 Å². The second kappa shape index (κ2) is 7.17. The molecular formula is C19H20N4O2. The Morgan fingerprint density at radius 3 is 2.48 bits per heavy atom. The topological polar surface area (TPSA) is 94.0 Å². The molecule has 0 saturated carbocycles. The molecule has 0 aliphatic heterocycles. The van der Waals surface area contributed by atoms with Gasteiger partial charge in [0.25, 0.3) is 0 Å². The van der Waals surface area contributed by atoms with Crippen molar-refractivity contribution in [2.24, 2.45) is 0 Å². The third kappa shape index (κ3) is 4.23. The van der Waals surface area contributed by atoms with Crippen molar-refractivity contribution < 1.29 is 9.32 Å². The molecule has 0 atom stereocenters. The lowest BCUT2D eigenvalue weighted by Crippen LogP contribution is -2.14. The molecule has 0 saturated heterocycles. The van der Waals surface area contributed by atoms with E-state index in [-0.39, 0.29) is 18.2 Å². The fourth-order valence-electron chi connectivity index (χ4n) is 2.38. The van der Waals surface area contributed by atoms with Gasteiger partial charge in [0.15, 0.2) is 5.82 Å². The predicted molar refractivity (Wildman–Crippen MR) is 97.0 cm³/mol. The summed E-state index contributed by atoms with van der Waals surface area (Å²) in [5.74, 6) is 1.78. The van der Waals surface area contributed by atoms with Crippen LogP contribution in [0, 0.1) is 0 Å². The van der Waals surface area contributed by atoms with Gasteiger partial charge in [0.2, 0.25) is 5.91 Å². The maximum absolute atomic E-state index is 12.1. The Morgan fingerprint density at radius 1 is 1.16 bits per heavy atom. The first-order valence-electron chi connectivity index (χ1n) is 8.08. The number of carbonyl (C=O) groups is 1. The van der Waals surface area contributed by atoms with Crippen molar-refractivity contribution in [1.29, 1.82) is 0 Å². The third-order valence-electron chi connectivity index (χ3n) is 3.80. The van der Waals surface area contributed by atoms with Gasteiger partial charge < -0.3 is 15.6 Å². The van der Waals surface area contributed by atoms with E-state index >= 15 is 0 Å². The molecule has 2 heterocycles. The van der Waals surface area contributed by atoms with Gasteiger partial charge in [0, 0.05) is 23.7 Å². The second-order valence-electron chi connectivity index (χ2n) is 6.16. The molecule has 2 aromatic heterocycles. The van der Waals surface area contributed by atoms with E-state index in [1.165, 1.54) is 0 Å². The average Bonchev–Trinajstić information content (AvgIpc) is 3.05. The zero-order chi connectivity index (χ0) is 17.8. The number of anilines is 2. The third-order valence-corrected chi connectivity index (χ3v) is 3.80. The fourth-order valence-corrected chi connectivity index (χ4v) is 2.38. The van der Waals surface area contributed by atoms with E-state index in [4.69, 9.17) is 10.3 Å². The molecule has 1 aromatic carbocycles. The Labute approximate surface area is 146 Å². The minimum absolute atomic E-state index is 0.134. The van der Waals surface area contributed by atoms with Crippen LogP contribution in [0.15, 0.2) is 53.2 Å². The molecule has 3 N–H and O–H groups in total. The minimum atomic E-state index is -0.134. The highest BCUT2D eigenvalue weighted by molar-refractivity contribution is 5.91. The van der Waals surface area contributed by atoms with Gasteiger partial charge in [-0.05, 0) is 23.3 Å². The van der Waals surface area contributed by atoms with Crippen molar-refractivity contribution in [3.8, 4) is 11.1 Å². The minimum Gasteiger partial charge on any atom is -0.384 e. The number of nitrogens with one attached hydrogen (secondary N) is 1. The molecule has 0 fully saturated rings. The summed E-state index contributed by atoms with van der Waals surface area (Å²) in [7, 11) is 0. The highest BCUT2D eigenvalue weighted by Crippen LogP contribution is 2.20. The van der Waals surface area contributed by atoms with Gasteiger partial charge in [0.05, 0.1) is 6.42 Å². The van der Waals surface area contributed by atoms with Crippen LogP contribution < -0.4 is 11.1 Å². The van der Waals surface area contributed by atoms with Gasteiger partial charge in [-0.15, -0.1) is 0 Å². The summed E-state index contributed by atoms with van der Waals surface area (Å²) in [5.41, 5.74) is 8.52. The van der Waals surface area contributed by atoms with Gasteiger partial charge in [-0.3, -0.25) is 4.79 Å². The van der Waals surface area contributed by atoms with Gasteiger partial charge in [-0.1, -0.05) is 43.3 Å². The summed E-state index contributed by atoms with van der Waals surface area (Å²) in [4.78, 5) is 16.2. The normalized spacial score (nSPS) is 10.8. The van der Waals surface area contributed by atoms with E-state index in [0.717, 1.165) is 22.5 Å². The standard InChI is InChI=1S/C19H20N4O2/c1-12(2)16-10-18(23-25-16)22-19(24)9-13-3-5-14(6-4-13)15-7-8-17(20)21-11-15/h3-8,10-12H,9H2,1-2H3,(H2,20,21)(H,22,23,24). The molecule has 0 radical (unpaired) electrons. The van der Waals surface area contributed by atoms with Gasteiger partial charge in [0.1, 0.15) is 11.6 Å². The number of hydrogen-bond acceptors (Lipinski definition) is 5. The van der Waals surface area contributed by atoms with E-state index in [9.17, 15) is 4.79 Å². The zero-order valence-electron chi connectivity index (χ0n) is 14.2. The Hall–Kier alpha value is -3.15. The van der Waals surface area contributed by atoms with Crippen LogP contribution in [0.2, 0.25) is 0 Å². The second-order valence-corrected chi connectivity index (χ2v) is 6.16. The first-order chi connectivity index (χ1) is 12.0. The first kappa shape index (κ1) is 16.7. The van der Waals surface area contributed by atoms with Crippen LogP contribution in [-0.4, -0.2) is 16.0 Å². The van der Waals surface area contributed by atoms with Crippen LogP contribution in [0.3, 0.4) is 0 Å². The highest BCUT2D eigenvalue weighted by Gasteiger charge is 2.11. The van der Waals surface area contributed by atoms with E-state index in [1.54, 1.807) is 18.3 Å². The lowest BCUT2D eigenvalue weighted by Gasteiger charge is -2.05. The summed E-state index contributed by atoms with van der Waals surface area (Å²) in [6.45, 7) is 4.01. The Bertz CT molecular complexity index is 852. The number of benzene rings is 1. The molecule has 0 bridgehead atoms. The summed E-state index contributed by atoms with van der Waals surface area (Å²) >= 11 is 0. The fraction of sp³-hybridized carbons (Fsp3) is 0.211. The number of nitrogens with zero attached hydrogens (tertiary/aromatic N) is 2. The van der Waals surface area contributed by atoms with E-state index < -0.39 is 0 Å². The maximum Gasteiger partial charge on any atom is 0.230 e. The molecule has 6 heteroatoms. The van der Waals surface area contributed by atoms with Gasteiger partial charge >= 0.3 is 0 Å². The number of hydrogen-bond donors (Lipinski definition) is 2. The number of carbonyl (C=O) groups excluding carboxylic acids is 1. The Balaban J connectivity index is 1.62. The summed E-state index contributed by atoms with van der Waals surface area (Å²) in [6, 6.07) is 13.2. The molecule has 25 heavy (non-hydrogen) atoms. The van der Waals surface area contributed by atoms with Crippen LogP contribution in [0.25, 0.3) is 11.1 Å². The van der Waals surface area contributed by atoms with E-state index in [1.807, 2.05) is 44.2 Å². The molecule has 0 unspecified atom stereocenters. The van der Waals surface area contributed by atoms with Crippen molar-refractivity contribution in [2.75, 3.05) is 11.1 Å². The maximum atomic E-state index is 12.1. The zero-order valence-corrected chi connectivity index (χ0v) is 14.2. The largest absolute Gasteiger partial charge is 0.384 e. The molecule has 128 valence electrons. The van der Waals surface area contributed by atoms with Crippen LogP contribution >= 0.6 is 0 Å². The quantitative estimate of drug-likeness (QED) is 0.742. The van der Waals surface area contributed by atoms with Crippen LogP contribution in [0.4, 0.5) is 11.6 Å². The van der Waals surface area contributed by atoms with Crippen LogP contribution in [-0.2, 0) is 11.2 Å². The van der Waals surface area contributed by atoms with Crippen molar-refractivity contribution >= 4 is 17.5 Å². The molecule has 6 nitrogen and oxygen atoms in total. The number of amides is 1. The number of rotatable bonds is 5. The van der Waals surface area contributed by atoms with Crippen molar-refractivity contribution in [3.05, 3.63) is 60.0 Å². The molecule has 0 aliphatic rings. The van der Waals surface area contributed by atoms with Crippen molar-refractivity contribution in [1.82, 2.24) is 10.1 Å². The molecule has 3 aromatic rings. The smallest absolute Gasteiger partial charge is 0.230 e. The predicted octanol–water partition coefficient (Wildman–Crippen LogP) is 3.62. The molecule has 0 aliphatic carbocycles. The highest BCUT2D eigenvalue weighted by atomic mass is 16.5. The number of pyridine rings is 1. The Morgan fingerprint density at radius 2 is 1.88 bits per heavy atom.